The van der Waals surface area contributed by atoms with Crippen LogP contribution >= 0.6 is 0 Å². The molecule has 0 saturated carbocycles. The number of aromatic nitrogens is 3. The van der Waals surface area contributed by atoms with Gasteiger partial charge in [-0.1, -0.05) is 18.2 Å². The molecule has 17 heavy (non-hydrogen) atoms. The van der Waals surface area contributed by atoms with E-state index in [0.29, 0.717) is 5.56 Å². The third-order valence-corrected chi connectivity index (χ3v) is 2.63. The van der Waals surface area contributed by atoms with Gasteiger partial charge in [0, 0.05) is 17.3 Å². The molecule has 0 atom stereocenters. The van der Waals surface area contributed by atoms with Crippen molar-refractivity contribution in [2.75, 3.05) is 0 Å². The van der Waals surface area contributed by atoms with Crippen molar-refractivity contribution in [3.8, 4) is 11.1 Å². The first-order valence-corrected chi connectivity index (χ1v) is 5.22. The molecule has 0 N–H and O–H groups in total. The van der Waals surface area contributed by atoms with Crippen LogP contribution in [-0.4, -0.2) is 20.9 Å². The standard InChI is InChI=1S/C13H9N3O/c17-8-10-2-1-3-11(6-10)12-4-5-13-14-9-15-16(13)7-12/h1-9H. The van der Waals surface area contributed by atoms with Crippen molar-refractivity contribution in [3.63, 3.8) is 0 Å². The van der Waals surface area contributed by atoms with Gasteiger partial charge >= 0.3 is 0 Å². The first kappa shape index (κ1) is 9.72. The Morgan fingerprint density at radius 1 is 1.12 bits per heavy atom. The second kappa shape index (κ2) is 3.83. The van der Waals surface area contributed by atoms with Gasteiger partial charge in [0.2, 0.25) is 0 Å². The summed E-state index contributed by atoms with van der Waals surface area (Å²) in [6.45, 7) is 0. The number of carbonyl (C=O) groups excluding carboxylic acids is 1. The van der Waals surface area contributed by atoms with Crippen LogP contribution in [0.1, 0.15) is 10.4 Å². The summed E-state index contributed by atoms with van der Waals surface area (Å²) < 4.78 is 1.71. The van der Waals surface area contributed by atoms with Crippen molar-refractivity contribution in [2.24, 2.45) is 0 Å². The molecule has 0 aliphatic carbocycles. The Hall–Kier alpha value is -2.49. The Labute approximate surface area is 97.5 Å². The van der Waals surface area contributed by atoms with Crippen LogP contribution in [0, 0.1) is 0 Å². The maximum absolute atomic E-state index is 10.7. The summed E-state index contributed by atoms with van der Waals surface area (Å²) in [6.07, 6.45) is 4.25. The fourth-order valence-corrected chi connectivity index (χ4v) is 1.78. The zero-order chi connectivity index (χ0) is 11.7. The average molecular weight is 223 g/mol. The SMILES string of the molecule is O=Cc1cccc(-c2ccc3ncnn3c2)c1. The van der Waals surface area contributed by atoms with Crippen molar-refractivity contribution in [3.05, 3.63) is 54.5 Å². The van der Waals surface area contributed by atoms with Gasteiger partial charge < -0.3 is 0 Å². The summed E-state index contributed by atoms with van der Waals surface area (Å²) in [5, 5.41) is 4.08. The van der Waals surface area contributed by atoms with E-state index in [1.54, 1.807) is 10.6 Å². The number of fused-ring (bicyclic) bond motifs is 1. The average Bonchev–Trinajstić information content (AvgIpc) is 2.86. The highest BCUT2D eigenvalue weighted by Crippen LogP contribution is 2.20. The number of aldehydes is 1. The van der Waals surface area contributed by atoms with Crippen LogP contribution in [0.5, 0.6) is 0 Å². The highest BCUT2D eigenvalue weighted by molar-refractivity contribution is 5.78. The molecule has 2 aromatic heterocycles. The Morgan fingerprint density at radius 3 is 2.94 bits per heavy atom. The summed E-state index contributed by atoms with van der Waals surface area (Å²) in [7, 11) is 0. The molecular formula is C13H9N3O. The molecule has 0 bridgehead atoms. The summed E-state index contributed by atoms with van der Waals surface area (Å²) in [5.41, 5.74) is 3.47. The van der Waals surface area contributed by atoms with Gasteiger partial charge in [-0.15, -0.1) is 0 Å². The molecule has 2 heterocycles. The molecule has 4 nitrogen and oxygen atoms in total. The first-order valence-electron chi connectivity index (χ1n) is 5.22. The van der Waals surface area contributed by atoms with Gasteiger partial charge in [-0.25, -0.2) is 9.50 Å². The van der Waals surface area contributed by atoms with Gasteiger partial charge in [0.05, 0.1) is 0 Å². The topological polar surface area (TPSA) is 47.3 Å². The van der Waals surface area contributed by atoms with Crippen LogP contribution in [0.4, 0.5) is 0 Å². The summed E-state index contributed by atoms with van der Waals surface area (Å²) in [6, 6.07) is 11.3. The molecular weight excluding hydrogens is 214 g/mol. The van der Waals surface area contributed by atoms with E-state index in [9.17, 15) is 4.79 Å². The van der Waals surface area contributed by atoms with E-state index >= 15 is 0 Å². The van der Waals surface area contributed by atoms with E-state index in [2.05, 4.69) is 10.1 Å². The second-order valence-corrected chi connectivity index (χ2v) is 3.72. The van der Waals surface area contributed by atoms with Crippen LogP contribution in [-0.2, 0) is 0 Å². The summed E-state index contributed by atoms with van der Waals surface area (Å²) in [4.78, 5) is 14.8. The van der Waals surface area contributed by atoms with Crippen LogP contribution in [0.3, 0.4) is 0 Å². The number of hydrogen-bond donors (Lipinski definition) is 0. The molecule has 0 aliphatic rings. The number of pyridine rings is 1. The Morgan fingerprint density at radius 2 is 2.06 bits per heavy atom. The predicted octanol–water partition coefficient (Wildman–Crippen LogP) is 2.21. The molecule has 0 amide bonds. The normalized spacial score (nSPS) is 10.6. The van der Waals surface area contributed by atoms with Crippen molar-refractivity contribution < 1.29 is 4.79 Å². The number of benzene rings is 1. The summed E-state index contributed by atoms with van der Waals surface area (Å²) in [5.74, 6) is 0. The lowest BCUT2D eigenvalue weighted by Crippen LogP contribution is -1.89. The first-order chi connectivity index (χ1) is 8.36. The molecule has 4 heteroatoms. The quantitative estimate of drug-likeness (QED) is 0.626. The lowest BCUT2D eigenvalue weighted by molar-refractivity contribution is 0.112. The van der Waals surface area contributed by atoms with E-state index in [1.807, 2.05) is 36.5 Å². The fourth-order valence-electron chi connectivity index (χ4n) is 1.78. The Kier molecular flexibility index (Phi) is 2.19. The lowest BCUT2D eigenvalue weighted by atomic mass is 10.1. The third-order valence-electron chi connectivity index (χ3n) is 2.63. The van der Waals surface area contributed by atoms with Crippen LogP contribution in [0.15, 0.2) is 48.9 Å². The minimum atomic E-state index is 0.668. The minimum Gasteiger partial charge on any atom is -0.298 e. The van der Waals surface area contributed by atoms with E-state index in [-0.39, 0.29) is 0 Å². The monoisotopic (exact) mass is 223 g/mol. The van der Waals surface area contributed by atoms with Gasteiger partial charge in [0.15, 0.2) is 5.65 Å². The van der Waals surface area contributed by atoms with Gasteiger partial charge in [-0.2, -0.15) is 5.10 Å². The highest BCUT2D eigenvalue weighted by atomic mass is 16.1. The zero-order valence-corrected chi connectivity index (χ0v) is 8.95. The molecule has 0 unspecified atom stereocenters. The van der Waals surface area contributed by atoms with Gasteiger partial charge in [0.25, 0.3) is 0 Å². The van der Waals surface area contributed by atoms with Crippen molar-refractivity contribution >= 4 is 11.9 Å². The molecule has 0 saturated heterocycles. The Balaban J connectivity index is 2.15. The van der Waals surface area contributed by atoms with Gasteiger partial charge in [-0.3, -0.25) is 4.79 Å². The predicted molar refractivity (Wildman–Crippen MR) is 63.8 cm³/mol. The maximum Gasteiger partial charge on any atom is 0.155 e. The number of hydrogen-bond acceptors (Lipinski definition) is 3. The largest absolute Gasteiger partial charge is 0.298 e. The van der Waals surface area contributed by atoms with Crippen LogP contribution in [0.25, 0.3) is 16.8 Å². The molecule has 82 valence electrons. The minimum absolute atomic E-state index is 0.668. The lowest BCUT2D eigenvalue weighted by Gasteiger charge is -2.02. The van der Waals surface area contributed by atoms with E-state index < -0.39 is 0 Å². The third kappa shape index (κ3) is 1.69. The van der Waals surface area contributed by atoms with E-state index in [4.69, 9.17) is 0 Å². The number of carbonyl (C=O) groups is 1. The van der Waals surface area contributed by atoms with Crippen LogP contribution in [0.2, 0.25) is 0 Å². The van der Waals surface area contributed by atoms with Crippen molar-refractivity contribution in [1.29, 1.82) is 0 Å². The number of rotatable bonds is 2. The zero-order valence-electron chi connectivity index (χ0n) is 8.95. The molecule has 0 spiro atoms. The molecule has 0 fully saturated rings. The second-order valence-electron chi connectivity index (χ2n) is 3.72. The number of nitrogens with zero attached hydrogens (tertiary/aromatic N) is 3. The van der Waals surface area contributed by atoms with E-state index in [0.717, 1.165) is 23.1 Å². The fraction of sp³-hybridized carbons (Fsp3) is 0. The molecule has 0 aliphatic heterocycles. The Bertz CT molecular complexity index is 688. The smallest absolute Gasteiger partial charge is 0.155 e. The van der Waals surface area contributed by atoms with Crippen LogP contribution < -0.4 is 0 Å². The van der Waals surface area contributed by atoms with E-state index in [1.165, 1.54) is 6.33 Å². The molecule has 0 radical (unpaired) electrons. The molecule has 1 aromatic carbocycles. The van der Waals surface area contributed by atoms with Gasteiger partial charge in [-0.05, 0) is 23.8 Å². The van der Waals surface area contributed by atoms with Crippen molar-refractivity contribution in [2.45, 2.75) is 0 Å². The maximum atomic E-state index is 10.7. The van der Waals surface area contributed by atoms with Crippen molar-refractivity contribution in [1.82, 2.24) is 14.6 Å². The van der Waals surface area contributed by atoms with Gasteiger partial charge in [0.1, 0.15) is 12.6 Å². The molecule has 3 rings (SSSR count). The molecule has 3 aromatic rings. The summed E-state index contributed by atoms with van der Waals surface area (Å²) >= 11 is 0. The highest BCUT2D eigenvalue weighted by Gasteiger charge is 2.01.